The van der Waals surface area contributed by atoms with Crippen molar-refractivity contribution in [3.05, 3.63) is 52.7 Å². The van der Waals surface area contributed by atoms with Gasteiger partial charge in [0.05, 0.1) is 11.3 Å². The van der Waals surface area contributed by atoms with Crippen LogP contribution in [0.1, 0.15) is 39.9 Å². The molecule has 3 rings (SSSR count). The van der Waals surface area contributed by atoms with Gasteiger partial charge in [-0.15, -0.1) is 0 Å². The molecule has 0 spiro atoms. The molecule has 114 valence electrons. The fourth-order valence-corrected chi connectivity index (χ4v) is 3.42. The minimum Gasteiger partial charge on any atom is -0.339 e. The monoisotopic (exact) mass is 294 g/mol. The molecule has 0 unspecified atom stereocenters. The van der Waals surface area contributed by atoms with Crippen molar-refractivity contribution in [1.29, 1.82) is 0 Å². The molecule has 1 amide bonds. The summed E-state index contributed by atoms with van der Waals surface area (Å²) in [6.45, 7) is 8.00. The molecular formula is C19H22N2O. The lowest BCUT2D eigenvalue weighted by Gasteiger charge is -2.19. The maximum absolute atomic E-state index is 12.8. The van der Waals surface area contributed by atoms with Gasteiger partial charge in [0.1, 0.15) is 0 Å². The van der Waals surface area contributed by atoms with Crippen LogP contribution in [-0.4, -0.2) is 28.9 Å². The van der Waals surface area contributed by atoms with E-state index in [1.165, 1.54) is 16.7 Å². The highest BCUT2D eigenvalue weighted by molar-refractivity contribution is 6.00. The van der Waals surface area contributed by atoms with Crippen molar-refractivity contribution in [2.75, 3.05) is 13.1 Å². The number of hydrogen-bond donors (Lipinski definition) is 0. The highest BCUT2D eigenvalue weighted by Gasteiger charge is 2.23. The van der Waals surface area contributed by atoms with E-state index in [4.69, 9.17) is 0 Å². The van der Waals surface area contributed by atoms with Gasteiger partial charge in [-0.3, -0.25) is 9.78 Å². The second-order valence-electron chi connectivity index (χ2n) is 6.17. The van der Waals surface area contributed by atoms with E-state index in [1.807, 2.05) is 17.0 Å². The Balaban J connectivity index is 2.11. The van der Waals surface area contributed by atoms with Crippen molar-refractivity contribution < 1.29 is 4.79 Å². The Hall–Kier alpha value is -2.16. The van der Waals surface area contributed by atoms with Gasteiger partial charge in [0.15, 0.2) is 0 Å². The summed E-state index contributed by atoms with van der Waals surface area (Å²) < 4.78 is 0. The zero-order chi connectivity index (χ0) is 15.7. The Labute approximate surface area is 132 Å². The van der Waals surface area contributed by atoms with Gasteiger partial charge in [0, 0.05) is 24.8 Å². The van der Waals surface area contributed by atoms with Crippen LogP contribution < -0.4 is 0 Å². The highest BCUT2D eigenvalue weighted by Crippen LogP contribution is 2.30. The van der Waals surface area contributed by atoms with E-state index in [0.29, 0.717) is 0 Å². The van der Waals surface area contributed by atoms with Gasteiger partial charge in [-0.25, -0.2) is 0 Å². The number of benzene rings is 1. The first-order valence-electron chi connectivity index (χ1n) is 7.90. The van der Waals surface area contributed by atoms with E-state index in [1.54, 1.807) is 6.20 Å². The molecule has 2 aromatic rings. The lowest BCUT2D eigenvalue weighted by molar-refractivity contribution is 0.0793. The molecule has 2 heterocycles. The van der Waals surface area contributed by atoms with Crippen LogP contribution in [0.3, 0.4) is 0 Å². The Morgan fingerprint density at radius 3 is 2.36 bits per heavy atom. The molecule has 0 radical (unpaired) electrons. The van der Waals surface area contributed by atoms with Crippen molar-refractivity contribution >= 4 is 5.91 Å². The van der Waals surface area contributed by atoms with Crippen molar-refractivity contribution in [1.82, 2.24) is 9.88 Å². The lowest BCUT2D eigenvalue weighted by atomic mass is 9.94. The fourth-order valence-electron chi connectivity index (χ4n) is 3.42. The van der Waals surface area contributed by atoms with E-state index >= 15 is 0 Å². The van der Waals surface area contributed by atoms with Crippen LogP contribution in [0.25, 0.3) is 11.3 Å². The first-order chi connectivity index (χ1) is 10.6. The molecule has 0 saturated carbocycles. The van der Waals surface area contributed by atoms with Crippen LogP contribution >= 0.6 is 0 Å². The molecule has 1 aromatic carbocycles. The smallest absolute Gasteiger partial charge is 0.256 e. The van der Waals surface area contributed by atoms with Crippen LogP contribution in [0.4, 0.5) is 0 Å². The number of aryl methyl sites for hydroxylation is 3. The zero-order valence-corrected chi connectivity index (χ0v) is 13.5. The number of amides is 1. The Morgan fingerprint density at radius 1 is 1.09 bits per heavy atom. The number of rotatable bonds is 2. The van der Waals surface area contributed by atoms with Gasteiger partial charge >= 0.3 is 0 Å². The van der Waals surface area contributed by atoms with Crippen molar-refractivity contribution in [2.45, 2.75) is 33.6 Å². The molecular weight excluding hydrogens is 272 g/mol. The van der Waals surface area contributed by atoms with Crippen LogP contribution in [-0.2, 0) is 0 Å². The van der Waals surface area contributed by atoms with Crippen LogP contribution in [0.5, 0.6) is 0 Å². The molecule has 3 heteroatoms. The highest BCUT2D eigenvalue weighted by atomic mass is 16.2. The second-order valence-corrected chi connectivity index (χ2v) is 6.17. The Bertz CT molecular complexity index is 692. The van der Waals surface area contributed by atoms with Crippen molar-refractivity contribution in [3.63, 3.8) is 0 Å². The average molecular weight is 294 g/mol. The maximum atomic E-state index is 12.8. The molecule has 22 heavy (non-hydrogen) atoms. The standard InChI is InChI=1S/C19H22N2O/c1-13-11-14(2)17(15(3)12-13)18-16(7-6-8-20-18)19(22)21-9-4-5-10-21/h6-8,11-12H,4-5,9-10H2,1-3H3. The summed E-state index contributed by atoms with van der Waals surface area (Å²) in [5.74, 6) is 0.111. The van der Waals surface area contributed by atoms with Crippen LogP contribution in [0, 0.1) is 20.8 Å². The number of aromatic nitrogens is 1. The molecule has 1 aromatic heterocycles. The predicted octanol–water partition coefficient (Wildman–Crippen LogP) is 3.91. The molecule has 0 atom stereocenters. The number of pyridine rings is 1. The summed E-state index contributed by atoms with van der Waals surface area (Å²) in [5.41, 5.74) is 6.21. The number of carbonyl (C=O) groups excluding carboxylic acids is 1. The summed E-state index contributed by atoms with van der Waals surface area (Å²) in [4.78, 5) is 19.3. The summed E-state index contributed by atoms with van der Waals surface area (Å²) in [6, 6.07) is 8.07. The largest absolute Gasteiger partial charge is 0.339 e. The molecule has 1 fully saturated rings. The summed E-state index contributed by atoms with van der Waals surface area (Å²) in [7, 11) is 0. The normalized spacial score (nSPS) is 14.4. The third kappa shape index (κ3) is 2.63. The number of nitrogens with zero attached hydrogens (tertiary/aromatic N) is 2. The average Bonchev–Trinajstić information content (AvgIpc) is 3.00. The third-order valence-electron chi connectivity index (χ3n) is 4.35. The SMILES string of the molecule is Cc1cc(C)c(-c2ncccc2C(=O)N2CCCC2)c(C)c1. The molecule has 3 nitrogen and oxygen atoms in total. The van der Waals surface area contributed by atoms with E-state index < -0.39 is 0 Å². The quantitative estimate of drug-likeness (QED) is 0.841. The van der Waals surface area contributed by atoms with E-state index in [0.717, 1.165) is 42.8 Å². The predicted molar refractivity (Wildman–Crippen MR) is 89.0 cm³/mol. The summed E-state index contributed by atoms with van der Waals surface area (Å²) in [6.07, 6.45) is 3.97. The Kier molecular flexibility index (Phi) is 3.97. The Morgan fingerprint density at radius 2 is 1.73 bits per heavy atom. The van der Waals surface area contributed by atoms with E-state index in [2.05, 4.69) is 37.9 Å². The molecule has 0 N–H and O–H groups in total. The van der Waals surface area contributed by atoms with E-state index in [9.17, 15) is 4.79 Å². The molecule has 1 saturated heterocycles. The fraction of sp³-hybridized carbons (Fsp3) is 0.368. The topological polar surface area (TPSA) is 33.2 Å². The second kappa shape index (κ2) is 5.91. The maximum Gasteiger partial charge on any atom is 0.256 e. The number of carbonyl (C=O) groups is 1. The van der Waals surface area contributed by atoms with Gasteiger partial charge in [-0.1, -0.05) is 17.7 Å². The van der Waals surface area contributed by atoms with Crippen molar-refractivity contribution in [3.8, 4) is 11.3 Å². The summed E-state index contributed by atoms with van der Waals surface area (Å²) >= 11 is 0. The molecule has 1 aliphatic heterocycles. The van der Waals surface area contributed by atoms with Gasteiger partial charge in [-0.05, 0) is 56.9 Å². The summed E-state index contributed by atoms with van der Waals surface area (Å²) in [5, 5.41) is 0. The zero-order valence-electron chi connectivity index (χ0n) is 13.5. The molecule has 0 bridgehead atoms. The van der Waals surface area contributed by atoms with E-state index in [-0.39, 0.29) is 5.91 Å². The van der Waals surface area contributed by atoms with Crippen LogP contribution in [0.2, 0.25) is 0 Å². The lowest BCUT2D eigenvalue weighted by Crippen LogP contribution is -2.28. The first-order valence-corrected chi connectivity index (χ1v) is 7.90. The minimum atomic E-state index is 0.111. The van der Waals surface area contributed by atoms with Gasteiger partial charge in [0.25, 0.3) is 5.91 Å². The first kappa shape index (κ1) is 14.8. The number of likely N-dealkylation sites (tertiary alicyclic amines) is 1. The van der Waals surface area contributed by atoms with Crippen molar-refractivity contribution in [2.24, 2.45) is 0 Å². The minimum absolute atomic E-state index is 0.111. The molecule has 0 aliphatic carbocycles. The number of hydrogen-bond acceptors (Lipinski definition) is 2. The van der Waals surface area contributed by atoms with Crippen LogP contribution in [0.15, 0.2) is 30.5 Å². The van der Waals surface area contributed by atoms with Gasteiger partial charge in [-0.2, -0.15) is 0 Å². The third-order valence-corrected chi connectivity index (χ3v) is 4.35. The molecule has 1 aliphatic rings. The van der Waals surface area contributed by atoms with Gasteiger partial charge in [0.2, 0.25) is 0 Å². The van der Waals surface area contributed by atoms with Gasteiger partial charge < -0.3 is 4.90 Å².